The van der Waals surface area contributed by atoms with E-state index >= 15 is 0 Å². The van der Waals surface area contributed by atoms with Crippen LogP contribution in [0.2, 0.25) is 0 Å². The number of phosphoric ester groups is 1. The molecule has 0 spiro atoms. The number of halogens is 1. The maximum absolute atomic E-state index is 11.0. The van der Waals surface area contributed by atoms with Gasteiger partial charge in [-0.1, -0.05) is 0 Å². The SMILES string of the molecule is Cc1occc1COc1ccc(Cc2cc(C3=C/C=C\I(COP(=O)(O)O)C\C=C\3N)on2)cn1. The molecular weight excluding hydrogens is 588 g/mol. The van der Waals surface area contributed by atoms with Crippen LogP contribution >= 0.6 is 27.6 Å². The standard InChI is InChI=1S/C23H25IN3O7P/c1-16-18(7-10-31-16)14-32-23-5-4-17(13-26-23)11-19-12-22(34-27-19)20-3-2-8-24(9-6-21(20)25)15-33-35(28,29)30/h2-8,10,12-13H,9,11,14-15,25H2,1H3,(H2,28,29,30)/b8-2-,20-3+,21-6-. The van der Waals surface area contributed by atoms with E-state index in [1.165, 1.54) is 0 Å². The molecule has 10 nitrogen and oxygen atoms in total. The number of ether oxygens (including phenoxy) is 1. The van der Waals surface area contributed by atoms with Crippen molar-refractivity contribution in [3.8, 4) is 5.88 Å². The van der Waals surface area contributed by atoms with Crippen molar-refractivity contribution in [2.24, 2.45) is 5.73 Å². The fourth-order valence-corrected chi connectivity index (χ4v) is 8.16. The fourth-order valence-electron chi connectivity index (χ4n) is 3.15. The summed E-state index contributed by atoms with van der Waals surface area (Å²) in [6.45, 7) is 2.28. The van der Waals surface area contributed by atoms with Crippen LogP contribution in [-0.4, -0.2) is 29.0 Å². The van der Waals surface area contributed by atoms with Crippen molar-refractivity contribution in [2.75, 3.05) is 9.04 Å². The van der Waals surface area contributed by atoms with Gasteiger partial charge < -0.3 is 9.15 Å². The molecule has 4 heterocycles. The molecule has 0 unspecified atom stereocenters. The molecule has 4 N–H and O–H groups in total. The van der Waals surface area contributed by atoms with E-state index in [-0.39, 0.29) is 4.61 Å². The number of allylic oxidation sites excluding steroid dienone is 4. The van der Waals surface area contributed by atoms with Gasteiger partial charge in [0, 0.05) is 5.56 Å². The Bertz CT molecular complexity index is 1290. The number of nitrogens with two attached hydrogens (primary N) is 1. The summed E-state index contributed by atoms with van der Waals surface area (Å²) in [6, 6.07) is 7.44. The Morgan fingerprint density at radius 3 is 2.86 bits per heavy atom. The first-order valence-corrected chi connectivity index (χ1v) is 16.3. The van der Waals surface area contributed by atoms with Crippen molar-refractivity contribution in [1.82, 2.24) is 10.1 Å². The van der Waals surface area contributed by atoms with Crippen LogP contribution in [0.25, 0.3) is 5.57 Å². The Balaban J connectivity index is 1.37. The van der Waals surface area contributed by atoms with Crippen LogP contribution < -0.4 is 10.5 Å². The Labute approximate surface area is 209 Å². The van der Waals surface area contributed by atoms with Crippen LogP contribution in [0.1, 0.15) is 28.3 Å². The molecule has 0 aliphatic carbocycles. The van der Waals surface area contributed by atoms with Crippen LogP contribution in [0.3, 0.4) is 0 Å². The molecule has 0 radical (unpaired) electrons. The Morgan fingerprint density at radius 1 is 1.29 bits per heavy atom. The number of aromatic nitrogens is 2. The number of rotatable bonds is 9. The number of hydrogen-bond donors (Lipinski definition) is 3. The first-order chi connectivity index (χ1) is 16.8. The van der Waals surface area contributed by atoms with E-state index in [0.29, 0.717) is 40.4 Å². The molecule has 1 aliphatic heterocycles. The van der Waals surface area contributed by atoms with Crippen LogP contribution in [0.15, 0.2) is 73.7 Å². The average molecular weight is 613 g/mol. The number of pyridine rings is 1. The molecule has 12 heteroatoms. The molecule has 186 valence electrons. The Kier molecular flexibility index (Phi) is 8.24. The van der Waals surface area contributed by atoms with Gasteiger partial charge in [0.25, 0.3) is 0 Å². The number of furan rings is 1. The van der Waals surface area contributed by atoms with Gasteiger partial charge in [0.1, 0.15) is 12.4 Å². The van der Waals surface area contributed by atoms with Crippen molar-refractivity contribution in [3.05, 3.63) is 93.1 Å². The van der Waals surface area contributed by atoms with E-state index in [9.17, 15) is 4.57 Å². The van der Waals surface area contributed by atoms with E-state index in [4.69, 9.17) is 29.2 Å². The predicted octanol–water partition coefficient (Wildman–Crippen LogP) is 4.47. The number of nitrogens with zero attached hydrogens (tertiary/aromatic N) is 2. The number of alkyl halides is 2. The van der Waals surface area contributed by atoms with E-state index in [0.717, 1.165) is 22.6 Å². The van der Waals surface area contributed by atoms with Crippen LogP contribution in [-0.2, 0) is 22.1 Å². The van der Waals surface area contributed by atoms with Gasteiger partial charge in [0.15, 0.2) is 0 Å². The molecule has 0 atom stereocenters. The predicted molar refractivity (Wildman–Crippen MR) is 138 cm³/mol. The number of phosphoric acid groups is 1. The van der Waals surface area contributed by atoms with Crippen molar-refractivity contribution >= 4 is 33.2 Å². The molecule has 3 aromatic rings. The molecule has 0 aromatic carbocycles. The molecule has 35 heavy (non-hydrogen) atoms. The zero-order valence-electron chi connectivity index (χ0n) is 18.8. The normalized spacial score (nSPS) is 19.2. The van der Waals surface area contributed by atoms with Crippen molar-refractivity contribution < 1.29 is 32.6 Å². The summed E-state index contributed by atoms with van der Waals surface area (Å²) < 4.78 is 34.8. The molecular formula is C23H25IN3O7P. The first kappa shape index (κ1) is 25.4. The van der Waals surface area contributed by atoms with E-state index in [1.54, 1.807) is 12.5 Å². The van der Waals surface area contributed by atoms with Gasteiger partial charge in [-0.2, -0.15) is 0 Å². The van der Waals surface area contributed by atoms with Crippen LogP contribution in [0.5, 0.6) is 5.88 Å². The van der Waals surface area contributed by atoms with Gasteiger partial charge in [0.05, 0.1) is 6.26 Å². The summed E-state index contributed by atoms with van der Waals surface area (Å²) in [5.41, 5.74) is 10.1. The minimum atomic E-state index is -4.48. The third kappa shape index (κ3) is 7.39. The molecule has 0 fully saturated rings. The Morgan fingerprint density at radius 2 is 2.14 bits per heavy atom. The van der Waals surface area contributed by atoms with Crippen LogP contribution in [0, 0.1) is 6.92 Å². The molecule has 4 rings (SSSR count). The molecule has 0 amide bonds. The van der Waals surface area contributed by atoms with Crippen LogP contribution in [0.4, 0.5) is 0 Å². The van der Waals surface area contributed by atoms with Crippen molar-refractivity contribution in [3.63, 3.8) is 0 Å². The molecule has 0 saturated carbocycles. The van der Waals surface area contributed by atoms with Crippen molar-refractivity contribution in [1.29, 1.82) is 0 Å². The fraction of sp³-hybridized carbons (Fsp3) is 0.217. The summed E-state index contributed by atoms with van der Waals surface area (Å²) in [5, 5.41) is 4.16. The van der Waals surface area contributed by atoms with Gasteiger partial charge in [-0.3, -0.25) is 0 Å². The second-order valence-electron chi connectivity index (χ2n) is 7.59. The van der Waals surface area contributed by atoms with Gasteiger partial charge in [-0.25, -0.2) is 0 Å². The summed E-state index contributed by atoms with van der Waals surface area (Å²) in [6.07, 6.45) is 9.39. The van der Waals surface area contributed by atoms with E-state index in [2.05, 4.69) is 14.7 Å². The number of hydrogen-bond acceptors (Lipinski definition) is 8. The van der Waals surface area contributed by atoms with Gasteiger partial charge in [-0.15, -0.1) is 0 Å². The Hall–Kier alpha value is -2.70. The van der Waals surface area contributed by atoms with Gasteiger partial charge in [-0.05, 0) is 13.0 Å². The summed E-state index contributed by atoms with van der Waals surface area (Å²) in [7, 11) is -4.48. The molecule has 3 aromatic heterocycles. The average Bonchev–Trinajstić information content (AvgIpc) is 3.44. The summed E-state index contributed by atoms with van der Waals surface area (Å²) >= 11 is -1.88. The first-order valence-electron chi connectivity index (χ1n) is 10.5. The summed E-state index contributed by atoms with van der Waals surface area (Å²) in [5.74, 6) is 1.88. The second-order valence-corrected chi connectivity index (χ2v) is 13.9. The molecule has 0 saturated heterocycles. The third-order valence-corrected chi connectivity index (χ3v) is 10.1. The maximum atomic E-state index is 11.0. The number of aryl methyl sites for hydroxylation is 1. The second kappa shape index (κ2) is 11.4. The topological polar surface area (TPSA) is 154 Å². The van der Waals surface area contributed by atoms with Crippen molar-refractivity contribution in [2.45, 2.75) is 20.0 Å². The van der Waals surface area contributed by atoms with E-state index < -0.39 is 27.6 Å². The summed E-state index contributed by atoms with van der Waals surface area (Å²) in [4.78, 5) is 22.2. The third-order valence-electron chi connectivity index (χ3n) is 5.03. The zero-order chi connectivity index (χ0) is 24.8. The quantitative estimate of drug-likeness (QED) is 0.179. The zero-order valence-corrected chi connectivity index (χ0v) is 21.9. The van der Waals surface area contributed by atoms with Gasteiger partial charge >= 0.3 is 163 Å². The molecule has 0 bridgehead atoms. The van der Waals surface area contributed by atoms with Gasteiger partial charge in [0.2, 0.25) is 0 Å². The monoisotopic (exact) mass is 613 g/mol. The molecule has 1 aliphatic rings. The van der Waals surface area contributed by atoms with E-state index in [1.807, 2.05) is 53.5 Å². The minimum absolute atomic E-state index is 0.0466.